The number of nitriles is 1. The largest absolute Gasteiger partial charge is 0.472 e. The molecule has 0 amide bonds. The van der Waals surface area contributed by atoms with Crippen LogP contribution in [0.25, 0.3) is 0 Å². The number of aromatic nitrogens is 3. The monoisotopic (exact) mass is 269 g/mol. The second kappa shape index (κ2) is 5.61. The van der Waals surface area contributed by atoms with Crippen molar-refractivity contribution in [2.24, 2.45) is 0 Å². The lowest BCUT2D eigenvalue weighted by Gasteiger charge is -2.33. The van der Waals surface area contributed by atoms with Gasteiger partial charge in [-0.05, 0) is 24.3 Å². The quantitative estimate of drug-likeness (QED) is 0.918. The van der Waals surface area contributed by atoms with Crippen molar-refractivity contribution in [3.05, 3.63) is 36.0 Å². The van der Waals surface area contributed by atoms with Gasteiger partial charge in [-0.3, -0.25) is 0 Å². The van der Waals surface area contributed by atoms with Crippen molar-refractivity contribution in [2.45, 2.75) is 18.9 Å². The summed E-state index contributed by atoms with van der Waals surface area (Å²) in [5.41, 5.74) is 1.85. The van der Waals surface area contributed by atoms with Crippen molar-refractivity contribution in [1.29, 1.82) is 5.26 Å². The molecular formula is C14H15N5O. The van der Waals surface area contributed by atoms with Gasteiger partial charge in [0.25, 0.3) is 5.88 Å². The fourth-order valence-corrected chi connectivity index (χ4v) is 2.40. The summed E-state index contributed by atoms with van der Waals surface area (Å²) >= 11 is 0. The van der Waals surface area contributed by atoms with E-state index >= 15 is 0 Å². The first-order chi connectivity index (χ1) is 9.85. The van der Waals surface area contributed by atoms with Crippen LogP contribution in [0.4, 0.5) is 5.69 Å². The van der Waals surface area contributed by atoms with E-state index in [0.29, 0.717) is 11.4 Å². The normalized spacial score (nSPS) is 15.8. The Kier molecular flexibility index (Phi) is 3.50. The molecular weight excluding hydrogens is 254 g/mol. The Morgan fingerprint density at radius 3 is 2.60 bits per heavy atom. The number of rotatable bonds is 3. The second-order valence-corrected chi connectivity index (χ2v) is 4.77. The SMILES string of the molecule is N#Cc1ccc(N2CCC(Oc3cn[nH]n3)CC2)cc1. The van der Waals surface area contributed by atoms with Gasteiger partial charge in [0.15, 0.2) is 0 Å². The summed E-state index contributed by atoms with van der Waals surface area (Å²) in [5.74, 6) is 0.557. The van der Waals surface area contributed by atoms with E-state index in [4.69, 9.17) is 10.00 Å². The van der Waals surface area contributed by atoms with Crippen molar-refractivity contribution in [1.82, 2.24) is 15.4 Å². The van der Waals surface area contributed by atoms with Crippen LogP contribution in [-0.2, 0) is 0 Å². The Labute approximate surface area is 117 Å². The van der Waals surface area contributed by atoms with Crippen LogP contribution in [0.2, 0.25) is 0 Å². The molecule has 0 aliphatic carbocycles. The Morgan fingerprint density at radius 2 is 2.00 bits per heavy atom. The smallest absolute Gasteiger partial charge is 0.253 e. The highest BCUT2D eigenvalue weighted by atomic mass is 16.5. The minimum atomic E-state index is 0.190. The maximum absolute atomic E-state index is 8.80. The zero-order valence-corrected chi connectivity index (χ0v) is 11.0. The van der Waals surface area contributed by atoms with E-state index in [9.17, 15) is 0 Å². The van der Waals surface area contributed by atoms with Crippen LogP contribution in [0.15, 0.2) is 30.5 Å². The van der Waals surface area contributed by atoms with Crippen LogP contribution in [0.5, 0.6) is 5.88 Å². The molecule has 6 nitrogen and oxygen atoms in total. The molecule has 0 unspecified atom stereocenters. The van der Waals surface area contributed by atoms with E-state index in [1.54, 1.807) is 6.20 Å². The average Bonchev–Trinajstić information content (AvgIpc) is 3.01. The first-order valence-electron chi connectivity index (χ1n) is 6.63. The maximum Gasteiger partial charge on any atom is 0.253 e. The predicted octanol–water partition coefficient (Wildman–Crippen LogP) is 1.72. The summed E-state index contributed by atoms with van der Waals surface area (Å²) in [4.78, 5) is 2.31. The summed E-state index contributed by atoms with van der Waals surface area (Å²) in [6.45, 7) is 1.88. The molecule has 20 heavy (non-hydrogen) atoms. The molecule has 1 aromatic heterocycles. The molecule has 1 saturated heterocycles. The molecule has 2 heterocycles. The Hall–Kier alpha value is -2.55. The van der Waals surface area contributed by atoms with E-state index in [0.717, 1.165) is 31.6 Å². The third-order valence-electron chi connectivity index (χ3n) is 3.48. The first kappa shape index (κ1) is 12.5. The maximum atomic E-state index is 8.80. The van der Waals surface area contributed by atoms with Crippen LogP contribution < -0.4 is 9.64 Å². The van der Waals surface area contributed by atoms with Gasteiger partial charge in [-0.2, -0.15) is 15.6 Å². The van der Waals surface area contributed by atoms with Gasteiger partial charge in [-0.1, -0.05) is 0 Å². The molecule has 0 bridgehead atoms. The third kappa shape index (κ3) is 2.72. The summed E-state index contributed by atoms with van der Waals surface area (Å²) in [6, 6.07) is 9.84. The molecule has 1 fully saturated rings. The number of anilines is 1. The van der Waals surface area contributed by atoms with Gasteiger partial charge >= 0.3 is 0 Å². The van der Waals surface area contributed by atoms with Crippen LogP contribution in [-0.4, -0.2) is 34.6 Å². The summed E-state index contributed by atoms with van der Waals surface area (Å²) in [6.07, 6.45) is 3.68. The van der Waals surface area contributed by atoms with Crippen molar-refractivity contribution in [2.75, 3.05) is 18.0 Å². The lowest BCUT2D eigenvalue weighted by molar-refractivity contribution is 0.164. The van der Waals surface area contributed by atoms with E-state index in [-0.39, 0.29) is 6.10 Å². The van der Waals surface area contributed by atoms with Gasteiger partial charge in [0.05, 0.1) is 11.6 Å². The highest BCUT2D eigenvalue weighted by molar-refractivity contribution is 5.49. The van der Waals surface area contributed by atoms with Crippen molar-refractivity contribution in [3.63, 3.8) is 0 Å². The molecule has 0 radical (unpaired) electrons. The van der Waals surface area contributed by atoms with E-state index in [2.05, 4.69) is 26.4 Å². The molecule has 3 rings (SSSR count). The lowest BCUT2D eigenvalue weighted by Crippen LogP contribution is -2.38. The number of piperidine rings is 1. The molecule has 102 valence electrons. The standard InChI is InChI=1S/C14H15N5O/c15-9-11-1-3-12(4-2-11)19-7-5-13(6-8-19)20-14-10-16-18-17-14/h1-4,10,13H,5-8H2,(H,16,17,18). The Morgan fingerprint density at radius 1 is 1.25 bits per heavy atom. The van der Waals surface area contributed by atoms with Gasteiger partial charge in [0.1, 0.15) is 12.3 Å². The molecule has 1 N–H and O–H groups in total. The van der Waals surface area contributed by atoms with Crippen molar-refractivity contribution < 1.29 is 4.74 Å². The van der Waals surface area contributed by atoms with Gasteiger partial charge in [-0.25, -0.2) is 0 Å². The lowest BCUT2D eigenvalue weighted by atomic mass is 10.1. The Bertz CT molecular complexity index is 579. The summed E-state index contributed by atoms with van der Waals surface area (Å²) < 4.78 is 5.74. The van der Waals surface area contributed by atoms with Gasteiger partial charge < -0.3 is 9.64 Å². The molecule has 2 aromatic rings. The first-order valence-corrected chi connectivity index (χ1v) is 6.63. The summed E-state index contributed by atoms with van der Waals surface area (Å²) in [7, 11) is 0. The van der Waals surface area contributed by atoms with Crippen LogP contribution in [0.1, 0.15) is 18.4 Å². The van der Waals surface area contributed by atoms with E-state index < -0.39 is 0 Å². The number of benzene rings is 1. The number of nitrogens with zero attached hydrogens (tertiary/aromatic N) is 4. The predicted molar refractivity (Wildman–Crippen MR) is 73.4 cm³/mol. The van der Waals surface area contributed by atoms with E-state index in [1.807, 2.05) is 24.3 Å². The van der Waals surface area contributed by atoms with Crippen molar-refractivity contribution >= 4 is 5.69 Å². The van der Waals surface area contributed by atoms with E-state index in [1.165, 1.54) is 0 Å². The number of H-pyrrole nitrogens is 1. The number of nitrogens with one attached hydrogen (secondary N) is 1. The number of aromatic amines is 1. The highest BCUT2D eigenvalue weighted by Gasteiger charge is 2.21. The topological polar surface area (TPSA) is 77.8 Å². The molecule has 6 heteroatoms. The molecule has 0 atom stereocenters. The fourth-order valence-electron chi connectivity index (χ4n) is 2.40. The fraction of sp³-hybridized carbons (Fsp3) is 0.357. The van der Waals surface area contributed by atoms with Crippen LogP contribution in [0.3, 0.4) is 0 Å². The molecule has 1 aliphatic heterocycles. The minimum absolute atomic E-state index is 0.190. The third-order valence-corrected chi connectivity index (χ3v) is 3.48. The molecule has 0 saturated carbocycles. The molecule has 1 aromatic carbocycles. The van der Waals surface area contributed by atoms with Gasteiger partial charge in [-0.15, -0.1) is 5.10 Å². The second-order valence-electron chi connectivity index (χ2n) is 4.77. The number of ether oxygens (including phenoxy) is 1. The van der Waals surface area contributed by atoms with Gasteiger partial charge in [0, 0.05) is 31.6 Å². The molecule has 0 spiro atoms. The van der Waals surface area contributed by atoms with Crippen LogP contribution in [0, 0.1) is 11.3 Å². The summed E-state index contributed by atoms with van der Waals surface area (Å²) in [5, 5.41) is 19.0. The minimum Gasteiger partial charge on any atom is -0.472 e. The van der Waals surface area contributed by atoms with Gasteiger partial charge in [0.2, 0.25) is 0 Å². The van der Waals surface area contributed by atoms with Crippen molar-refractivity contribution in [3.8, 4) is 11.9 Å². The van der Waals surface area contributed by atoms with Crippen LogP contribution >= 0.6 is 0 Å². The molecule has 1 aliphatic rings. The zero-order valence-electron chi connectivity index (χ0n) is 11.0. The Balaban J connectivity index is 1.56. The number of hydrogen-bond donors (Lipinski definition) is 1. The number of hydrogen-bond acceptors (Lipinski definition) is 5. The average molecular weight is 269 g/mol. The highest BCUT2D eigenvalue weighted by Crippen LogP contribution is 2.22. The zero-order chi connectivity index (χ0) is 13.8.